The van der Waals surface area contributed by atoms with Gasteiger partial charge in [0.15, 0.2) is 5.01 Å². The summed E-state index contributed by atoms with van der Waals surface area (Å²) in [5.41, 5.74) is -2.91. The third-order valence-corrected chi connectivity index (χ3v) is 7.81. The second kappa shape index (κ2) is 11.0. The van der Waals surface area contributed by atoms with Gasteiger partial charge in [0, 0.05) is 37.0 Å². The van der Waals surface area contributed by atoms with Crippen molar-refractivity contribution in [3.63, 3.8) is 0 Å². The van der Waals surface area contributed by atoms with Crippen molar-refractivity contribution in [2.24, 2.45) is 0 Å². The van der Waals surface area contributed by atoms with E-state index in [2.05, 4.69) is 27.2 Å². The molecule has 0 spiro atoms. The first kappa shape index (κ1) is 29.8. The number of likely N-dealkylation sites (tertiary alicyclic amines) is 1. The summed E-state index contributed by atoms with van der Waals surface area (Å²) in [6.07, 6.45) is -2.43. The Labute approximate surface area is 231 Å². The zero-order valence-corrected chi connectivity index (χ0v) is 22.8. The minimum absolute atomic E-state index is 0.0775. The Balaban J connectivity index is 1.77. The summed E-state index contributed by atoms with van der Waals surface area (Å²) >= 11 is 0.569. The van der Waals surface area contributed by atoms with E-state index in [4.69, 9.17) is 0 Å². The lowest BCUT2D eigenvalue weighted by Crippen LogP contribution is -2.42. The van der Waals surface area contributed by atoms with Crippen LogP contribution in [-0.4, -0.2) is 62.4 Å². The minimum atomic E-state index is -4.95. The lowest BCUT2D eigenvalue weighted by atomic mass is 9.91. The van der Waals surface area contributed by atoms with Crippen LogP contribution in [0.15, 0.2) is 24.5 Å². The maximum absolute atomic E-state index is 14.3. The number of hydrogen-bond donors (Lipinski definition) is 3. The van der Waals surface area contributed by atoms with Crippen molar-refractivity contribution in [2.45, 2.75) is 76.1 Å². The third-order valence-electron chi connectivity index (χ3n) is 6.72. The fourth-order valence-electron chi connectivity index (χ4n) is 4.62. The molecule has 0 radical (unpaired) electrons. The summed E-state index contributed by atoms with van der Waals surface area (Å²) in [6.45, 7) is 6.85. The summed E-state index contributed by atoms with van der Waals surface area (Å²) in [5, 5.41) is 14.5. The second-order valence-electron chi connectivity index (χ2n) is 10.6. The molecule has 1 atom stereocenters. The summed E-state index contributed by atoms with van der Waals surface area (Å²) < 4.78 is 71.7. The van der Waals surface area contributed by atoms with Crippen LogP contribution >= 0.6 is 11.3 Å². The average molecular weight is 588 g/mol. The van der Waals surface area contributed by atoms with Crippen LogP contribution in [0.5, 0.6) is 0 Å². The standard InChI is InChI=1S/C26H30F5N5O3S/c1-14-7-6-10-36(14)23(38)19-20(40-22(35-19)21(37)33-13-24(2,3)39)15-12-32-18(11-16(15)26(29,30)31)34-17-8-4-5-9-25(17,27)28/h11-12,17,39H,1,4-10,13H2,2-3H3,(H,32,34)(H,33,37). The van der Waals surface area contributed by atoms with E-state index in [1.54, 1.807) is 0 Å². The van der Waals surface area contributed by atoms with Crippen LogP contribution in [0.2, 0.25) is 0 Å². The lowest BCUT2D eigenvalue weighted by Gasteiger charge is -2.32. The molecule has 3 heterocycles. The Kier molecular flexibility index (Phi) is 8.23. The molecule has 0 bridgehead atoms. The molecule has 1 aliphatic heterocycles. The van der Waals surface area contributed by atoms with Crippen molar-refractivity contribution < 1.29 is 36.6 Å². The predicted octanol–water partition coefficient (Wildman–Crippen LogP) is 5.46. The van der Waals surface area contributed by atoms with Crippen LogP contribution in [0.3, 0.4) is 0 Å². The molecule has 2 fully saturated rings. The van der Waals surface area contributed by atoms with Gasteiger partial charge in [0.25, 0.3) is 17.7 Å². The van der Waals surface area contributed by atoms with Crippen LogP contribution in [-0.2, 0) is 6.18 Å². The number of amides is 2. The van der Waals surface area contributed by atoms with E-state index in [9.17, 15) is 36.6 Å². The van der Waals surface area contributed by atoms with Crippen molar-refractivity contribution in [3.05, 3.63) is 40.8 Å². The monoisotopic (exact) mass is 587 g/mol. The smallest absolute Gasteiger partial charge is 0.389 e. The molecule has 0 aromatic carbocycles. The zero-order valence-electron chi connectivity index (χ0n) is 22.0. The first-order valence-corrected chi connectivity index (χ1v) is 13.6. The van der Waals surface area contributed by atoms with Gasteiger partial charge in [-0.2, -0.15) is 13.2 Å². The van der Waals surface area contributed by atoms with Crippen LogP contribution in [0.1, 0.15) is 78.2 Å². The Hall–Kier alpha value is -3.13. The zero-order chi connectivity index (χ0) is 29.5. The topological polar surface area (TPSA) is 107 Å². The van der Waals surface area contributed by atoms with E-state index >= 15 is 0 Å². The highest BCUT2D eigenvalue weighted by molar-refractivity contribution is 7.17. The molecule has 2 amide bonds. The molecular formula is C26H30F5N5O3S. The molecule has 1 saturated heterocycles. The van der Waals surface area contributed by atoms with Crippen LogP contribution in [0.4, 0.5) is 27.8 Å². The number of allylic oxidation sites excluding steroid dienone is 1. The van der Waals surface area contributed by atoms with E-state index in [0.717, 1.165) is 6.20 Å². The Morgan fingerprint density at radius 2 is 1.98 bits per heavy atom. The van der Waals surface area contributed by atoms with Crippen molar-refractivity contribution in [1.82, 2.24) is 20.2 Å². The molecule has 14 heteroatoms. The van der Waals surface area contributed by atoms with Gasteiger partial charge in [-0.1, -0.05) is 13.0 Å². The van der Waals surface area contributed by atoms with Gasteiger partial charge in [0.1, 0.15) is 11.5 Å². The molecule has 218 valence electrons. The molecule has 8 nitrogen and oxygen atoms in total. The van der Waals surface area contributed by atoms with E-state index in [-0.39, 0.29) is 47.3 Å². The van der Waals surface area contributed by atoms with E-state index in [1.165, 1.54) is 18.7 Å². The number of halogens is 5. The quantitative estimate of drug-likeness (QED) is 0.371. The molecule has 2 aromatic rings. The number of carbonyl (C=O) groups is 2. The number of aliphatic hydroxyl groups is 1. The molecule has 1 unspecified atom stereocenters. The predicted molar refractivity (Wildman–Crippen MR) is 139 cm³/mol. The number of anilines is 1. The molecule has 40 heavy (non-hydrogen) atoms. The normalized spacial score (nSPS) is 19.6. The first-order valence-electron chi connectivity index (χ1n) is 12.8. The first-order chi connectivity index (χ1) is 18.6. The summed E-state index contributed by atoms with van der Waals surface area (Å²) in [4.78, 5) is 35.3. The van der Waals surface area contributed by atoms with Gasteiger partial charge in [-0.25, -0.2) is 18.7 Å². The van der Waals surface area contributed by atoms with Gasteiger partial charge in [0.2, 0.25) is 0 Å². The molecular weight excluding hydrogens is 557 g/mol. The highest BCUT2D eigenvalue weighted by Gasteiger charge is 2.43. The van der Waals surface area contributed by atoms with Gasteiger partial charge in [-0.05, 0) is 45.6 Å². The second-order valence-corrected chi connectivity index (χ2v) is 11.6. The number of nitrogens with zero attached hydrogens (tertiary/aromatic N) is 3. The summed E-state index contributed by atoms with van der Waals surface area (Å²) in [6, 6.07) is -0.731. The third kappa shape index (κ3) is 6.60. The number of hydrogen-bond acceptors (Lipinski definition) is 7. The van der Waals surface area contributed by atoms with Gasteiger partial charge < -0.3 is 20.6 Å². The van der Waals surface area contributed by atoms with Gasteiger partial charge in [-0.15, -0.1) is 11.3 Å². The van der Waals surface area contributed by atoms with Crippen LogP contribution < -0.4 is 10.6 Å². The minimum Gasteiger partial charge on any atom is -0.389 e. The number of rotatable bonds is 7. The fourth-order valence-corrected chi connectivity index (χ4v) is 5.62. The number of alkyl halides is 5. The van der Waals surface area contributed by atoms with Crippen LogP contribution in [0, 0.1) is 0 Å². The van der Waals surface area contributed by atoms with Gasteiger partial charge in [0.05, 0.1) is 22.1 Å². The molecule has 2 aliphatic rings. The summed E-state index contributed by atoms with van der Waals surface area (Å²) in [5.74, 6) is -4.98. The van der Waals surface area contributed by atoms with Crippen molar-refractivity contribution in [2.75, 3.05) is 18.4 Å². The van der Waals surface area contributed by atoms with Gasteiger partial charge >= 0.3 is 6.18 Å². The number of carbonyl (C=O) groups excluding carboxylic acids is 2. The van der Waals surface area contributed by atoms with Crippen LogP contribution in [0.25, 0.3) is 10.4 Å². The van der Waals surface area contributed by atoms with E-state index in [1.807, 2.05) is 0 Å². The molecule has 1 aliphatic carbocycles. The molecule has 4 rings (SSSR count). The largest absolute Gasteiger partial charge is 0.417 e. The number of aromatic nitrogens is 2. The maximum Gasteiger partial charge on any atom is 0.417 e. The Morgan fingerprint density at radius 3 is 2.58 bits per heavy atom. The van der Waals surface area contributed by atoms with Crippen molar-refractivity contribution >= 4 is 29.0 Å². The highest BCUT2D eigenvalue weighted by Crippen LogP contribution is 2.43. The van der Waals surface area contributed by atoms with Crippen molar-refractivity contribution in [1.29, 1.82) is 0 Å². The number of nitrogens with one attached hydrogen (secondary N) is 2. The molecule has 3 N–H and O–H groups in total. The molecule has 2 aromatic heterocycles. The summed E-state index contributed by atoms with van der Waals surface area (Å²) in [7, 11) is 0. The van der Waals surface area contributed by atoms with E-state index < -0.39 is 46.7 Å². The SMILES string of the molecule is C=C1CCCN1C(=O)c1nc(C(=O)NCC(C)(C)O)sc1-c1cnc(NC2CCCCC2(F)F)cc1C(F)(F)F. The van der Waals surface area contributed by atoms with Gasteiger partial charge in [-0.3, -0.25) is 9.59 Å². The highest BCUT2D eigenvalue weighted by atomic mass is 32.1. The Bertz CT molecular complexity index is 1300. The molecule has 1 saturated carbocycles. The Morgan fingerprint density at radius 1 is 1.25 bits per heavy atom. The van der Waals surface area contributed by atoms with E-state index in [0.29, 0.717) is 48.8 Å². The lowest BCUT2D eigenvalue weighted by molar-refractivity contribution is -0.137. The number of thiazole rings is 1. The average Bonchev–Trinajstić information content (AvgIpc) is 3.49. The maximum atomic E-state index is 14.3. The fraction of sp³-hybridized carbons (Fsp3) is 0.538. The van der Waals surface area contributed by atoms with Crippen molar-refractivity contribution in [3.8, 4) is 10.4 Å². The number of pyridine rings is 1.